The smallest absolute Gasteiger partial charge is 0.00137 e. The summed E-state index contributed by atoms with van der Waals surface area (Å²) in [6.45, 7) is 2.25. The van der Waals surface area contributed by atoms with Gasteiger partial charge in [0.2, 0.25) is 0 Å². The van der Waals surface area contributed by atoms with E-state index in [2.05, 4.69) is 34.4 Å². The van der Waals surface area contributed by atoms with E-state index in [1.165, 1.54) is 19.3 Å². The Balaban J connectivity index is 2.34. The molecule has 2 unspecified atom stereocenters. The summed E-state index contributed by atoms with van der Waals surface area (Å²) in [6.07, 6.45) is 11.9. The maximum atomic E-state index is 2.80. The highest BCUT2D eigenvalue weighted by molar-refractivity contribution is 7.16. The molecule has 0 fully saturated rings. The van der Waals surface area contributed by atoms with Gasteiger partial charge in [-0.1, -0.05) is 43.6 Å². The van der Waals surface area contributed by atoms with Crippen molar-refractivity contribution in [1.82, 2.24) is 0 Å². The number of hydrogen-bond donors (Lipinski definition) is 0. The molecule has 2 atom stereocenters. The molecule has 0 nitrogen and oxygen atoms in total. The van der Waals surface area contributed by atoms with E-state index in [9.17, 15) is 0 Å². The Hall–Kier alpha value is -0.0900. The molecule has 0 spiro atoms. The standard InChI is InChI=1S/C10H17P/c1-2-3-5-9-6-4-7-10(9)8-11/h4,6-7,9H,2-3,5,8,11H2,1H3. The summed E-state index contributed by atoms with van der Waals surface area (Å²) in [5.74, 6) is 0.757. The molecular formula is C10H17P. The van der Waals surface area contributed by atoms with Crippen LogP contribution in [0, 0.1) is 5.92 Å². The number of unbranched alkanes of at least 4 members (excludes halogenated alkanes) is 1. The normalized spacial score (nSPS) is 22.4. The van der Waals surface area contributed by atoms with Crippen LogP contribution in [0.3, 0.4) is 0 Å². The van der Waals surface area contributed by atoms with E-state index < -0.39 is 0 Å². The maximum Gasteiger partial charge on any atom is -0.00137 e. The number of hydrogen-bond acceptors (Lipinski definition) is 0. The molecule has 0 heterocycles. The van der Waals surface area contributed by atoms with Crippen molar-refractivity contribution < 1.29 is 0 Å². The average molecular weight is 168 g/mol. The third-order valence-corrected chi connectivity index (χ3v) is 2.71. The Morgan fingerprint density at radius 3 is 3.00 bits per heavy atom. The lowest BCUT2D eigenvalue weighted by Crippen LogP contribution is -1.98. The molecule has 1 heteroatoms. The zero-order valence-corrected chi connectivity index (χ0v) is 8.37. The first-order valence-corrected chi connectivity index (χ1v) is 5.27. The molecule has 0 aromatic heterocycles. The van der Waals surface area contributed by atoms with Gasteiger partial charge in [-0.3, -0.25) is 0 Å². The fraction of sp³-hybridized carbons (Fsp3) is 0.600. The second-order valence-electron chi connectivity index (χ2n) is 3.08. The topological polar surface area (TPSA) is 0 Å². The second kappa shape index (κ2) is 4.72. The SMILES string of the molecule is CCCCC1C=CC=C1CP. The molecule has 0 amide bonds. The van der Waals surface area contributed by atoms with Crippen LogP contribution in [0.4, 0.5) is 0 Å². The fourth-order valence-corrected chi connectivity index (χ4v) is 1.92. The van der Waals surface area contributed by atoms with Gasteiger partial charge in [-0.15, -0.1) is 9.24 Å². The minimum absolute atomic E-state index is 0.757. The van der Waals surface area contributed by atoms with E-state index in [0.29, 0.717) is 0 Å². The zero-order chi connectivity index (χ0) is 8.10. The highest BCUT2D eigenvalue weighted by Crippen LogP contribution is 2.25. The molecule has 0 aliphatic heterocycles. The van der Waals surface area contributed by atoms with Crippen LogP contribution in [0.1, 0.15) is 26.2 Å². The summed E-state index contributed by atoms with van der Waals surface area (Å²) >= 11 is 0. The van der Waals surface area contributed by atoms with Crippen LogP contribution in [-0.2, 0) is 0 Å². The molecular weight excluding hydrogens is 151 g/mol. The molecule has 1 rings (SSSR count). The highest BCUT2D eigenvalue weighted by Gasteiger charge is 2.11. The van der Waals surface area contributed by atoms with Gasteiger partial charge < -0.3 is 0 Å². The monoisotopic (exact) mass is 168 g/mol. The zero-order valence-electron chi connectivity index (χ0n) is 7.22. The van der Waals surface area contributed by atoms with E-state index in [1.807, 2.05) is 0 Å². The quantitative estimate of drug-likeness (QED) is 0.565. The molecule has 11 heavy (non-hydrogen) atoms. The minimum Gasteiger partial charge on any atom is -0.133 e. The van der Waals surface area contributed by atoms with Crippen LogP contribution in [0.2, 0.25) is 0 Å². The van der Waals surface area contributed by atoms with Crippen LogP contribution < -0.4 is 0 Å². The summed E-state index contributed by atoms with van der Waals surface area (Å²) in [6, 6.07) is 0. The Labute approximate surface area is 72.0 Å². The van der Waals surface area contributed by atoms with E-state index in [1.54, 1.807) is 5.57 Å². The molecule has 1 aliphatic carbocycles. The van der Waals surface area contributed by atoms with Crippen LogP contribution in [0.25, 0.3) is 0 Å². The number of allylic oxidation sites excluding steroid dienone is 4. The first-order chi connectivity index (χ1) is 5.38. The molecule has 0 aromatic rings. The molecule has 0 saturated carbocycles. The molecule has 0 N–H and O–H groups in total. The van der Waals surface area contributed by atoms with Crippen molar-refractivity contribution in [2.24, 2.45) is 5.92 Å². The molecule has 0 radical (unpaired) electrons. The van der Waals surface area contributed by atoms with E-state index in [-0.39, 0.29) is 0 Å². The predicted molar refractivity (Wildman–Crippen MR) is 54.8 cm³/mol. The van der Waals surface area contributed by atoms with Crippen LogP contribution in [-0.4, -0.2) is 6.16 Å². The lowest BCUT2D eigenvalue weighted by atomic mass is 9.98. The van der Waals surface area contributed by atoms with E-state index in [0.717, 1.165) is 12.1 Å². The molecule has 0 aromatic carbocycles. The largest absolute Gasteiger partial charge is 0.133 e. The van der Waals surface area contributed by atoms with Gasteiger partial charge in [0.25, 0.3) is 0 Å². The summed E-state index contributed by atoms with van der Waals surface area (Å²) in [5, 5.41) is 0. The van der Waals surface area contributed by atoms with Gasteiger partial charge in [-0.25, -0.2) is 0 Å². The third-order valence-electron chi connectivity index (χ3n) is 2.23. The van der Waals surface area contributed by atoms with Crippen LogP contribution in [0.15, 0.2) is 23.8 Å². The minimum atomic E-state index is 0.757. The van der Waals surface area contributed by atoms with Crippen LogP contribution >= 0.6 is 9.24 Å². The lowest BCUT2D eigenvalue weighted by molar-refractivity contribution is 0.625. The van der Waals surface area contributed by atoms with Crippen molar-refractivity contribution >= 4 is 9.24 Å². The highest BCUT2D eigenvalue weighted by atomic mass is 31.0. The lowest BCUT2D eigenvalue weighted by Gasteiger charge is -2.10. The van der Waals surface area contributed by atoms with Crippen molar-refractivity contribution in [1.29, 1.82) is 0 Å². The van der Waals surface area contributed by atoms with E-state index >= 15 is 0 Å². The third kappa shape index (κ3) is 2.45. The average Bonchev–Trinajstić information content (AvgIpc) is 2.47. The Morgan fingerprint density at radius 2 is 2.36 bits per heavy atom. The van der Waals surface area contributed by atoms with Gasteiger partial charge in [0.1, 0.15) is 0 Å². The summed E-state index contributed by atoms with van der Waals surface area (Å²) in [5.41, 5.74) is 1.59. The summed E-state index contributed by atoms with van der Waals surface area (Å²) < 4.78 is 0. The van der Waals surface area contributed by atoms with Crippen LogP contribution in [0.5, 0.6) is 0 Å². The Bertz CT molecular complexity index is 168. The van der Waals surface area contributed by atoms with Crippen molar-refractivity contribution in [3.05, 3.63) is 23.8 Å². The summed E-state index contributed by atoms with van der Waals surface area (Å²) in [4.78, 5) is 0. The van der Waals surface area contributed by atoms with E-state index in [4.69, 9.17) is 0 Å². The van der Waals surface area contributed by atoms with Gasteiger partial charge in [-0.05, 0) is 18.5 Å². The van der Waals surface area contributed by atoms with Gasteiger partial charge in [0.05, 0.1) is 0 Å². The van der Waals surface area contributed by atoms with Crippen molar-refractivity contribution in [2.45, 2.75) is 26.2 Å². The first-order valence-electron chi connectivity index (χ1n) is 4.45. The molecule has 62 valence electrons. The second-order valence-corrected chi connectivity index (χ2v) is 3.49. The maximum absolute atomic E-state index is 2.80. The molecule has 1 aliphatic rings. The van der Waals surface area contributed by atoms with Crippen molar-refractivity contribution in [2.75, 3.05) is 6.16 Å². The van der Waals surface area contributed by atoms with Gasteiger partial charge in [-0.2, -0.15) is 0 Å². The van der Waals surface area contributed by atoms with Crippen molar-refractivity contribution in [3.63, 3.8) is 0 Å². The molecule has 0 saturated heterocycles. The number of rotatable bonds is 4. The predicted octanol–water partition coefficient (Wildman–Crippen LogP) is 3.16. The fourth-order valence-electron chi connectivity index (χ4n) is 1.49. The summed E-state index contributed by atoms with van der Waals surface area (Å²) in [7, 11) is 2.80. The Kier molecular flexibility index (Phi) is 3.86. The van der Waals surface area contributed by atoms with Gasteiger partial charge in [0, 0.05) is 0 Å². The first kappa shape index (κ1) is 9.00. The van der Waals surface area contributed by atoms with Gasteiger partial charge in [0.15, 0.2) is 0 Å². The Morgan fingerprint density at radius 1 is 1.55 bits per heavy atom. The van der Waals surface area contributed by atoms with Crippen molar-refractivity contribution in [3.8, 4) is 0 Å². The molecule has 0 bridgehead atoms. The van der Waals surface area contributed by atoms with Gasteiger partial charge >= 0.3 is 0 Å².